The lowest BCUT2D eigenvalue weighted by Gasteiger charge is -2.11. The number of anilines is 1. The lowest BCUT2D eigenvalue weighted by atomic mass is 10.1. The first-order valence-corrected chi connectivity index (χ1v) is 7.21. The third-order valence-corrected chi connectivity index (χ3v) is 3.78. The average Bonchev–Trinajstić information content (AvgIpc) is 2.92. The Bertz CT molecular complexity index is 556. The summed E-state index contributed by atoms with van der Waals surface area (Å²) in [5.74, 6) is -0.176. The van der Waals surface area contributed by atoms with E-state index in [0.29, 0.717) is 24.1 Å². The Morgan fingerprint density at radius 1 is 1.57 bits per heavy atom. The van der Waals surface area contributed by atoms with Crippen LogP contribution in [0.4, 0.5) is 11.4 Å². The van der Waals surface area contributed by atoms with Gasteiger partial charge in [0, 0.05) is 19.1 Å². The first-order chi connectivity index (χ1) is 9.97. The van der Waals surface area contributed by atoms with Crippen LogP contribution in [0, 0.1) is 17.0 Å². The first kappa shape index (κ1) is 15.7. The molecule has 0 unspecified atom stereocenters. The summed E-state index contributed by atoms with van der Waals surface area (Å²) in [5.41, 5.74) is 0.899. The molecular weight excluding hydrogens is 296 g/mol. The smallest absolute Gasteiger partial charge is 0.289 e. The zero-order chi connectivity index (χ0) is 15.4. The molecule has 1 fully saturated rings. The van der Waals surface area contributed by atoms with Crippen LogP contribution in [0.5, 0.6) is 0 Å². The second kappa shape index (κ2) is 6.87. The maximum absolute atomic E-state index is 11.9. The van der Waals surface area contributed by atoms with E-state index < -0.39 is 4.92 Å². The van der Waals surface area contributed by atoms with Crippen molar-refractivity contribution in [2.45, 2.75) is 38.7 Å². The zero-order valence-electron chi connectivity index (χ0n) is 11.7. The average molecular weight is 313 g/mol. The van der Waals surface area contributed by atoms with Crippen molar-refractivity contribution < 1.29 is 14.5 Å². The monoisotopic (exact) mass is 312 g/mol. The fourth-order valence-corrected chi connectivity index (χ4v) is 2.60. The summed E-state index contributed by atoms with van der Waals surface area (Å²) >= 11 is 5.81. The van der Waals surface area contributed by atoms with Crippen molar-refractivity contribution in [2.24, 2.45) is 0 Å². The second-order valence-electron chi connectivity index (χ2n) is 5.10. The summed E-state index contributed by atoms with van der Waals surface area (Å²) in [7, 11) is 0. The number of halogens is 1. The fraction of sp³-hybridized carbons (Fsp3) is 0.500. The molecule has 0 aromatic heterocycles. The highest BCUT2D eigenvalue weighted by Gasteiger charge is 2.19. The van der Waals surface area contributed by atoms with Crippen LogP contribution in [0.2, 0.25) is 5.02 Å². The molecule has 114 valence electrons. The van der Waals surface area contributed by atoms with Crippen LogP contribution in [-0.2, 0) is 9.53 Å². The van der Waals surface area contributed by atoms with Gasteiger partial charge < -0.3 is 10.1 Å². The molecule has 0 aliphatic carbocycles. The maximum Gasteiger partial charge on any atom is 0.289 e. The predicted octanol–water partition coefficient (Wildman–Crippen LogP) is 3.45. The molecular formula is C14H17ClN2O4. The third kappa shape index (κ3) is 4.15. The van der Waals surface area contributed by atoms with Crippen LogP contribution in [0.3, 0.4) is 0 Å². The van der Waals surface area contributed by atoms with Crippen molar-refractivity contribution in [3.8, 4) is 0 Å². The number of carbonyl (C=O) groups is 1. The molecule has 0 saturated carbocycles. The molecule has 21 heavy (non-hydrogen) atoms. The van der Waals surface area contributed by atoms with Gasteiger partial charge in [-0.05, 0) is 37.8 Å². The number of nitro benzene ring substituents is 1. The Hall–Kier alpha value is -1.66. The van der Waals surface area contributed by atoms with Crippen LogP contribution in [0.15, 0.2) is 12.1 Å². The van der Waals surface area contributed by atoms with Crippen molar-refractivity contribution in [3.63, 3.8) is 0 Å². The highest BCUT2D eigenvalue weighted by Crippen LogP contribution is 2.30. The summed E-state index contributed by atoms with van der Waals surface area (Å²) in [5, 5.41) is 13.6. The molecule has 1 saturated heterocycles. The van der Waals surface area contributed by atoms with Gasteiger partial charge in [-0.1, -0.05) is 11.6 Å². The van der Waals surface area contributed by atoms with E-state index in [0.717, 1.165) is 19.4 Å². The molecule has 1 N–H and O–H groups in total. The van der Waals surface area contributed by atoms with E-state index in [4.69, 9.17) is 16.3 Å². The Balaban J connectivity index is 1.99. The van der Waals surface area contributed by atoms with Gasteiger partial charge in [0.1, 0.15) is 5.02 Å². The Morgan fingerprint density at radius 2 is 2.33 bits per heavy atom. The lowest BCUT2D eigenvalue weighted by molar-refractivity contribution is -0.384. The molecule has 1 aliphatic heterocycles. The number of nitrogens with zero attached hydrogens (tertiary/aromatic N) is 1. The summed E-state index contributed by atoms with van der Waals surface area (Å²) < 4.78 is 5.46. The highest BCUT2D eigenvalue weighted by molar-refractivity contribution is 6.32. The number of hydrogen-bond donors (Lipinski definition) is 1. The van der Waals surface area contributed by atoms with Gasteiger partial charge in [0.05, 0.1) is 16.7 Å². The number of amides is 1. The molecule has 0 spiro atoms. The SMILES string of the molecule is Cc1cc(Cl)c([N+](=O)[O-])cc1NC(=O)CC[C@H]1CCCO1. The Kier molecular flexibility index (Phi) is 5.14. The topological polar surface area (TPSA) is 81.5 Å². The number of ether oxygens (including phenoxy) is 1. The minimum absolute atomic E-state index is 0.0647. The molecule has 6 nitrogen and oxygen atoms in total. The number of hydrogen-bond acceptors (Lipinski definition) is 4. The molecule has 7 heteroatoms. The Morgan fingerprint density at radius 3 is 2.95 bits per heavy atom. The zero-order valence-corrected chi connectivity index (χ0v) is 12.5. The van der Waals surface area contributed by atoms with Crippen molar-refractivity contribution in [3.05, 3.63) is 32.8 Å². The first-order valence-electron chi connectivity index (χ1n) is 6.83. The van der Waals surface area contributed by atoms with E-state index in [2.05, 4.69) is 5.32 Å². The number of aryl methyl sites for hydroxylation is 1. The van der Waals surface area contributed by atoms with Crippen molar-refractivity contribution in [2.75, 3.05) is 11.9 Å². The van der Waals surface area contributed by atoms with Gasteiger partial charge in [0.2, 0.25) is 5.91 Å². The minimum atomic E-state index is -0.566. The molecule has 1 atom stereocenters. The van der Waals surface area contributed by atoms with E-state index in [1.807, 2.05) is 0 Å². The molecule has 1 amide bonds. The summed E-state index contributed by atoms with van der Waals surface area (Å²) in [4.78, 5) is 22.2. The molecule has 1 aromatic carbocycles. The fourth-order valence-electron chi connectivity index (χ4n) is 2.31. The number of rotatable bonds is 5. The predicted molar refractivity (Wildman–Crippen MR) is 79.7 cm³/mol. The lowest BCUT2D eigenvalue weighted by Crippen LogP contribution is -2.16. The maximum atomic E-state index is 11.9. The molecule has 0 radical (unpaired) electrons. The van der Waals surface area contributed by atoms with Crippen molar-refractivity contribution in [1.29, 1.82) is 0 Å². The molecule has 2 rings (SSSR count). The van der Waals surface area contributed by atoms with Gasteiger partial charge in [-0.25, -0.2) is 0 Å². The van der Waals surface area contributed by atoms with E-state index in [-0.39, 0.29) is 22.7 Å². The van der Waals surface area contributed by atoms with Gasteiger partial charge in [-0.15, -0.1) is 0 Å². The van der Waals surface area contributed by atoms with Crippen LogP contribution in [-0.4, -0.2) is 23.5 Å². The number of benzene rings is 1. The standard InChI is InChI=1S/C14H17ClN2O4/c1-9-7-11(15)13(17(19)20)8-12(9)16-14(18)5-4-10-3-2-6-21-10/h7-8,10H,2-6H2,1H3,(H,16,18)/t10-/m1/s1. The molecule has 1 heterocycles. The molecule has 1 aromatic rings. The van der Waals surface area contributed by atoms with Gasteiger partial charge in [0.15, 0.2) is 0 Å². The molecule has 0 bridgehead atoms. The second-order valence-corrected chi connectivity index (χ2v) is 5.50. The normalized spacial score (nSPS) is 17.7. The van der Waals surface area contributed by atoms with E-state index >= 15 is 0 Å². The number of carbonyl (C=O) groups excluding carboxylic acids is 1. The van der Waals surface area contributed by atoms with Gasteiger partial charge in [-0.2, -0.15) is 0 Å². The summed E-state index contributed by atoms with van der Waals surface area (Å²) in [6.07, 6.45) is 3.17. The van der Waals surface area contributed by atoms with Crippen molar-refractivity contribution >= 4 is 28.9 Å². The third-order valence-electron chi connectivity index (χ3n) is 3.48. The molecule has 1 aliphatic rings. The van der Waals surface area contributed by atoms with Gasteiger partial charge in [0.25, 0.3) is 5.69 Å². The van der Waals surface area contributed by atoms with Crippen LogP contribution >= 0.6 is 11.6 Å². The highest BCUT2D eigenvalue weighted by atomic mass is 35.5. The van der Waals surface area contributed by atoms with E-state index in [9.17, 15) is 14.9 Å². The van der Waals surface area contributed by atoms with E-state index in [1.54, 1.807) is 6.92 Å². The van der Waals surface area contributed by atoms with Crippen molar-refractivity contribution in [1.82, 2.24) is 0 Å². The van der Waals surface area contributed by atoms with Gasteiger partial charge in [-0.3, -0.25) is 14.9 Å². The van der Waals surface area contributed by atoms with Gasteiger partial charge >= 0.3 is 0 Å². The van der Waals surface area contributed by atoms with Crippen LogP contribution in [0.25, 0.3) is 0 Å². The van der Waals surface area contributed by atoms with Crippen LogP contribution in [0.1, 0.15) is 31.2 Å². The number of nitrogens with one attached hydrogen (secondary N) is 1. The van der Waals surface area contributed by atoms with Crippen LogP contribution < -0.4 is 5.32 Å². The summed E-state index contributed by atoms with van der Waals surface area (Å²) in [6, 6.07) is 2.77. The van der Waals surface area contributed by atoms with E-state index in [1.165, 1.54) is 12.1 Å². The minimum Gasteiger partial charge on any atom is -0.378 e. The largest absolute Gasteiger partial charge is 0.378 e. The number of nitro groups is 1. The summed E-state index contributed by atoms with van der Waals surface area (Å²) in [6.45, 7) is 2.50. The quantitative estimate of drug-likeness (QED) is 0.667. The Labute approximate surface area is 127 Å².